The predicted molar refractivity (Wildman–Crippen MR) is 87.7 cm³/mol. The molecule has 1 amide bonds. The second-order valence-electron chi connectivity index (χ2n) is 6.14. The van der Waals surface area contributed by atoms with E-state index in [1.165, 1.54) is 24.3 Å². The van der Waals surface area contributed by atoms with Gasteiger partial charge in [0.25, 0.3) is 5.91 Å². The minimum atomic E-state index is -0.342. The topological polar surface area (TPSA) is 80.3 Å². The number of hydrogen-bond donors (Lipinski definition) is 1. The number of ether oxygens (including phenoxy) is 2. The third kappa shape index (κ3) is 4.14. The fourth-order valence-corrected chi connectivity index (χ4v) is 3.04. The summed E-state index contributed by atoms with van der Waals surface area (Å²) in [5, 5.41) is 7.07. The Balaban J connectivity index is 1.61. The van der Waals surface area contributed by atoms with Crippen LogP contribution in [0.15, 0.2) is 24.3 Å². The zero-order chi connectivity index (χ0) is 17.8. The number of H-pyrrole nitrogens is 1. The normalized spacial score (nSPS) is 20.0. The van der Waals surface area contributed by atoms with E-state index in [0.29, 0.717) is 31.3 Å². The average Bonchev–Trinajstić information content (AvgIpc) is 3.21. The van der Waals surface area contributed by atoms with Crippen LogP contribution in [0, 0.1) is 18.7 Å². The molecule has 7 nitrogen and oxygen atoms in total. The number of aromatic amines is 1. The largest absolute Gasteiger partial charge is 0.484 e. The SMILES string of the molecule is COC[C@@H]1CN(C(=O)COc2ccc(F)cc2)C[C@H]1c1n[nH]c(C)n1. The van der Waals surface area contributed by atoms with Crippen molar-refractivity contribution in [3.05, 3.63) is 41.7 Å². The van der Waals surface area contributed by atoms with Crippen molar-refractivity contribution < 1.29 is 18.7 Å². The summed E-state index contributed by atoms with van der Waals surface area (Å²) in [6.07, 6.45) is 0. The van der Waals surface area contributed by atoms with Crippen LogP contribution in [0.4, 0.5) is 4.39 Å². The van der Waals surface area contributed by atoms with Crippen molar-refractivity contribution >= 4 is 5.91 Å². The van der Waals surface area contributed by atoms with E-state index in [-0.39, 0.29) is 30.2 Å². The summed E-state index contributed by atoms with van der Waals surface area (Å²) < 4.78 is 23.6. The number of halogens is 1. The molecule has 0 aliphatic carbocycles. The lowest BCUT2D eigenvalue weighted by Gasteiger charge is -2.16. The maximum absolute atomic E-state index is 12.9. The molecule has 1 saturated heterocycles. The van der Waals surface area contributed by atoms with Crippen LogP contribution in [0.25, 0.3) is 0 Å². The van der Waals surface area contributed by atoms with E-state index >= 15 is 0 Å². The first kappa shape index (κ1) is 17.3. The molecule has 2 heterocycles. The molecule has 1 aromatic carbocycles. The Morgan fingerprint density at radius 3 is 2.76 bits per heavy atom. The quantitative estimate of drug-likeness (QED) is 0.856. The van der Waals surface area contributed by atoms with E-state index in [4.69, 9.17) is 9.47 Å². The highest BCUT2D eigenvalue weighted by atomic mass is 19.1. The number of methoxy groups -OCH3 is 1. The number of amides is 1. The van der Waals surface area contributed by atoms with Gasteiger partial charge in [-0.05, 0) is 31.2 Å². The van der Waals surface area contributed by atoms with Crippen molar-refractivity contribution in [2.24, 2.45) is 5.92 Å². The number of likely N-dealkylation sites (tertiary alicyclic amines) is 1. The zero-order valence-corrected chi connectivity index (χ0v) is 14.2. The van der Waals surface area contributed by atoms with E-state index in [1.54, 1.807) is 12.0 Å². The van der Waals surface area contributed by atoms with E-state index in [1.807, 2.05) is 6.92 Å². The standard InChI is InChI=1S/C17H21FN4O3/c1-11-19-17(21-20-11)15-8-22(7-12(15)9-24-2)16(23)10-25-14-5-3-13(18)4-6-14/h3-6,12,15H,7-10H2,1-2H3,(H,19,20,21)/t12-,15+/m0/s1. The molecule has 2 atom stereocenters. The number of aromatic nitrogens is 3. The molecule has 2 aromatic rings. The summed E-state index contributed by atoms with van der Waals surface area (Å²) in [6.45, 7) is 3.37. The van der Waals surface area contributed by atoms with Gasteiger partial charge in [0.15, 0.2) is 12.4 Å². The number of hydrogen-bond acceptors (Lipinski definition) is 5. The van der Waals surface area contributed by atoms with E-state index in [2.05, 4.69) is 15.2 Å². The second kappa shape index (κ2) is 7.60. The van der Waals surface area contributed by atoms with E-state index < -0.39 is 0 Å². The van der Waals surface area contributed by atoms with E-state index in [0.717, 1.165) is 5.82 Å². The van der Waals surface area contributed by atoms with Crippen molar-refractivity contribution in [2.45, 2.75) is 12.8 Å². The highest BCUT2D eigenvalue weighted by Gasteiger charge is 2.38. The molecule has 3 rings (SSSR count). The minimum Gasteiger partial charge on any atom is -0.484 e. The van der Waals surface area contributed by atoms with Crippen molar-refractivity contribution in [1.82, 2.24) is 20.1 Å². The lowest BCUT2D eigenvalue weighted by Crippen LogP contribution is -2.33. The van der Waals surface area contributed by atoms with Gasteiger partial charge in [-0.3, -0.25) is 9.89 Å². The highest BCUT2D eigenvalue weighted by molar-refractivity contribution is 5.78. The Hall–Kier alpha value is -2.48. The number of aryl methyl sites for hydroxylation is 1. The minimum absolute atomic E-state index is 0.0275. The third-order valence-corrected chi connectivity index (χ3v) is 4.30. The van der Waals surface area contributed by atoms with Crippen LogP contribution in [-0.2, 0) is 9.53 Å². The number of nitrogens with zero attached hydrogens (tertiary/aromatic N) is 3. The number of benzene rings is 1. The molecule has 0 bridgehead atoms. The monoisotopic (exact) mass is 348 g/mol. The lowest BCUT2D eigenvalue weighted by molar-refractivity contribution is -0.132. The van der Waals surface area contributed by atoms with Crippen LogP contribution in [0.3, 0.4) is 0 Å². The van der Waals surface area contributed by atoms with Gasteiger partial charge in [0.1, 0.15) is 17.4 Å². The molecular formula is C17H21FN4O3. The Labute approximate surface area is 145 Å². The van der Waals surface area contributed by atoms with Crippen LogP contribution in [0.5, 0.6) is 5.75 Å². The average molecular weight is 348 g/mol. The first-order chi connectivity index (χ1) is 12.1. The van der Waals surface area contributed by atoms with Gasteiger partial charge in [-0.1, -0.05) is 0 Å². The second-order valence-corrected chi connectivity index (χ2v) is 6.14. The Morgan fingerprint density at radius 1 is 1.36 bits per heavy atom. The van der Waals surface area contributed by atoms with Crippen molar-refractivity contribution in [1.29, 1.82) is 0 Å². The molecule has 1 aliphatic rings. The van der Waals surface area contributed by atoms with Gasteiger partial charge < -0.3 is 14.4 Å². The molecule has 0 saturated carbocycles. The first-order valence-electron chi connectivity index (χ1n) is 8.10. The Morgan fingerprint density at radius 2 is 2.12 bits per heavy atom. The number of nitrogens with one attached hydrogen (secondary N) is 1. The first-order valence-corrected chi connectivity index (χ1v) is 8.10. The van der Waals surface area contributed by atoms with Gasteiger partial charge in [0.05, 0.1) is 6.61 Å². The summed E-state index contributed by atoms with van der Waals surface area (Å²) in [5.41, 5.74) is 0. The molecule has 1 N–H and O–H groups in total. The summed E-state index contributed by atoms with van der Waals surface area (Å²) in [4.78, 5) is 18.6. The molecule has 0 unspecified atom stereocenters. The molecule has 8 heteroatoms. The van der Waals surface area contributed by atoms with Gasteiger partial charge in [-0.2, -0.15) is 5.10 Å². The van der Waals surface area contributed by atoms with Crippen LogP contribution in [0.1, 0.15) is 17.6 Å². The fraction of sp³-hybridized carbons (Fsp3) is 0.471. The lowest BCUT2D eigenvalue weighted by atomic mass is 9.96. The summed E-state index contributed by atoms with van der Waals surface area (Å²) >= 11 is 0. The van der Waals surface area contributed by atoms with Crippen molar-refractivity contribution in [3.8, 4) is 5.75 Å². The molecule has 1 fully saturated rings. The summed E-state index contributed by atoms with van der Waals surface area (Å²) in [7, 11) is 1.64. The van der Waals surface area contributed by atoms with Crippen LogP contribution >= 0.6 is 0 Å². The predicted octanol–water partition coefficient (Wildman–Crippen LogP) is 1.52. The van der Waals surface area contributed by atoms with Crippen LogP contribution in [0.2, 0.25) is 0 Å². The molecule has 25 heavy (non-hydrogen) atoms. The molecule has 1 aliphatic heterocycles. The molecule has 134 valence electrons. The van der Waals surface area contributed by atoms with Crippen molar-refractivity contribution in [3.63, 3.8) is 0 Å². The summed E-state index contributed by atoms with van der Waals surface area (Å²) in [5.74, 6) is 1.61. The summed E-state index contributed by atoms with van der Waals surface area (Å²) in [6, 6.07) is 5.59. The van der Waals surface area contributed by atoms with Gasteiger partial charge in [-0.15, -0.1) is 0 Å². The highest BCUT2D eigenvalue weighted by Crippen LogP contribution is 2.31. The number of carbonyl (C=O) groups excluding carboxylic acids is 1. The number of rotatable bonds is 6. The fourth-order valence-electron chi connectivity index (χ4n) is 3.04. The number of carbonyl (C=O) groups is 1. The maximum Gasteiger partial charge on any atom is 0.260 e. The van der Waals surface area contributed by atoms with Gasteiger partial charge >= 0.3 is 0 Å². The Bertz CT molecular complexity index is 719. The molecule has 0 spiro atoms. The third-order valence-electron chi connectivity index (χ3n) is 4.30. The smallest absolute Gasteiger partial charge is 0.260 e. The zero-order valence-electron chi connectivity index (χ0n) is 14.2. The van der Waals surface area contributed by atoms with Gasteiger partial charge in [-0.25, -0.2) is 9.37 Å². The van der Waals surface area contributed by atoms with Crippen molar-refractivity contribution in [2.75, 3.05) is 33.4 Å². The Kier molecular flexibility index (Phi) is 5.28. The van der Waals surface area contributed by atoms with E-state index in [9.17, 15) is 9.18 Å². The van der Waals surface area contributed by atoms with Gasteiger partial charge in [0.2, 0.25) is 0 Å². The molecular weight excluding hydrogens is 327 g/mol. The van der Waals surface area contributed by atoms with Gasteiger partial charge in [0, 0.05) is 32.0 Å². The molecule has 1 aromatic heterocycles. The maximum atomic E-state index is 12.9. The van der Waals surface area contributed by atoms with Crippen LogP contribution in [-0.4, -0.2) is 59.4 Å². The van der Waals surface area contributed by atoms with Crippen LogP contribution < -0.4 is 4.74 Å². The molecule has 0 radical (unpaired) electrons.